The minimum atomic E-state index is -1.87. The van der Waals surface area contributed by atoms with Gasteiger partial charge in [-0.25, -0.2) is 4.39 Å². The summed E-state index contributed by atoms with van der Waals surface area (Å²) in [5.41, 5.74) is 6.28. The van der Waals surface area contributed by atoms with Crippen molar-refractivity contribution in [1.82, 2.24) is 0 Å². The number of fused-ring (bicyclic) bond motifs is 3. The Morgan fingerprint density at radius 3 is 2.68 bits per heavy atom. The van der Waals surface area contributed by atoms with E-state index in [0.717, 1.165) is 6.07 Å². The molecule has 2 aliphatic heterocycles. The maximum Gasteiger partial charge on any atom is 0.269 e. The SMILES string of the molecule is Cc1cc([N+](=O)[O-])ccc1N1C(N)=C(C#N)C2(C(=O)Nc3ccc(F)cc32)C2=C1CCCC2=O. The van der Waals surface area contributed by atoms with Gasteiger partial charge in [0.25, 0.3) is 5.69 Å². The summed E-state index contributed by atoms with van der Waals surface area (Å²) in [7, 11) is 0. The highest BCUT2D eigenvalue weighted by Crippen LogP contribution is 2.55. The predicted octanol–water partition coefficient (Wildman–Crippen LogP) is 3.45. The quantitative estimate of drug-likeness (QED) is 0.517. The van der Waals surface area contributed by atoms with Gasteiger partial charge in [-0.1, -0.05) is 0 Å². The van der Waals surface area contributed by atoms with E-state index in [1.165, 1.54) is 35.2 Å². The lowest BCUT2D eigenvalue weighted by Crippen LogP contribution is -2.50. The van der Waals surface area contributed by atoms with Crippen molar-refractivity contribution in [2.24, 2.45) is 5.73 Å². The molecule has 2 heterocycles. The van der Waals surface area contributed by atoms with Gasteiger partial charge in [-0.3, -0.25) is 24.6 Å². The molecule has 34 heavy (non-hydrogen) atoms. The minimum Gasteiger partial charge on any atom is -0.384 e. The Kier molecular flexibility index (Phi) is 4.55. The average Bonchev–Trinajstić information content (AvgIpc) is 3.06. The van der Waals surface area contributed by atoms with Crippen LogP contribution in [-0.4, -0.2) is 16.6 Å². The Balaban J connectivity index is 1.86. The number of hydrogen-bond donors (Lipinski definition) is 2. The first kappa shape index (κ1) is 21.3. The van der Waals surface area contributed by atoms with Crippen LogP contribution >= 0.6 is 0 Å². The Morgan fingerprint density at radius 1 is 1.24 bits per heavy atom. The molecule has 170 valence electrons. The second-order valence-corrected chi connectivity index (χ2v) is 8.43. The normalized spacial score (nSPS) is 21.4. The number of amides is 1. The van der Waals surface area contributed by atoms with Gasteiger partial charge in [0.1, 0.15) is 23.1 Å². The average molecular weight is 459 g/mol. The number of aryl methyl sites for hydroxylation is 1. The fourth-order valence-electron chi connectivity index (χ4n) is 5.24. The minimum absolute atomic E-state index is 0.0832. The zero-order valence-electron chi connectivity index (χ0n) is 18.0. The molecule has 1 amide bonds. The van der Waals surface area contributed by atoms with Crippen LogP contribution in [0.5, 0.6) is 0 Å². The third-order valence-electron chi connectivity index (χ3n) is 6.62. The largest absolute Gasteiger partial charge is 0.384 e. The fourth-order valence-corrected chi connectivity index (χ4v) is 5.24. The van der Waals surface area contributed by atoms with Gasteiger partial charge < -0.3 is 11.1 Å². The summed E-state index contributed by atoms with van der Waals surface area (Å²) in [6.07, 6.45) is 1.02. The predicted molar refractivity (Wildman–Crippen MR) is 120 cm³/mol. The maximum absolute atomic E-state index is 14.3. The molecule has 0 aromatic heterocycles. The molecule has 10 heteroatoms. The number of allylic oxidation sites excluding steroid dienone is 1. The van der Waals surface area contributed by atoms with E-state index in [-0.39, 0.29) is 40.4 Å². The molecular formula is C24H18FN5O4. The van der Waals surface area contributed by atoms with Gasteiger partial charge in [0, 0.05) is 41.1 Å². The van der Waals surface area contributed by atoms with Gasteiger partial charge in [0.2, 0.25) is 5.91 Å². The van der Waals surface area contributed by atoms with Crippen LogP contribution < -0.4 is 16.0 Å². The molecule has 1 aliphatic carbocycles. The van der Waals surface area contributed by atoms with Crippen LogP contribution in [-0.2, 0) is 15.0 Å². The van der Waals surface area contributed by atoms with Gasteiger partial charge in [0.15, 0.2) is 5.78 Å². The molecule has 0 saturated heterocycles. The zero-order valence-corrected chi connectivity index (χ0v) is 18.0. The van der Waals surface area contributed by atoms with Gasteiger partial charge in [-0.2, -0.15) is 5.26 Å². The number of carbonyl (C=O) groups excluding carboxylic acids is 2. The maximum atomic E-state index is 14.3. The second kappa shape index (κ2) is 7.25. The molecular weight excluding hydrogens is 441 g/mol. The number of halogens is 1. The molecule has 0 bridgehead atoms. The lowest BCUT2D eigenvalue weighted by atomic mass is 9.64. The lowest BCUT2D eigenvalue weighted by Gasteiger charge is -2.43. The Hall–Kier alpha value is -4.52. The summed E-state index contributed by atoms with van der Waals surface area (Å²) in [6.45, 7) is 1.66. The number of nitro benzene ring substituents is 1. The van der Waals surface area contributed by atoms with Crippen LogP contribution in [0.3, 0.4) is 0 Å². The number of nitrogens with zero attached hydrogens (tertiary/aromatic N) is 3. The first-order valence-corrected chi connectivity index (χ1v) is 10.6. The molecule has 2 aromatic rings. The molecule has 1 unspecified atom stereocenters. The number of hydrogen-bond acceptors (Lipinski definition) is 7. The van der Waals surface area contributed by atoms with Crippen molar-refractivity contribution in [3.05, 3.63) is 86.1 Å². The second-order valence-electron chi connectivity index (χ2n) is 8.43. The number of nitrogens with one attached hydrogen (secondary N) is 1. The number of benzene rings is 2. The Bertz CT molecular complexity index is 1440. The zero-order chi connectivity index (χ0) is 24.4. The van der Waals surface area contributed by atoms with Crippen molar-refractivity contribution in [3.63, 3.8) is 0 Å². The van der Waals surface area contributed by atoms with Crippen molar-refractivity contribution in [3.8, 4) is 6.07 Å². The number of anilines is 2. The van der Waals surface area contributed by atoms with E-state index in [4.69, 9.17) is 5.73 Å². The van der Waals surface area contributed by atoms with Gasteiger partial charge in [0.05, 0.1) is 16.2 Å². The standard InChI is InChI=1S/C24H18FN5O4/c1-12-9-14(30(33)34)6-8-18(12)29-19-3-2-4-20(31)21(19)24(16(11-26)22(29)27)15-10-13(25)5-7-17(15)28-23(24)32/h5-10H,2-4,27H2,1H3,(H,28,32). The van der Waals surface area contributed by atoms with Crippen LogP contribution in [0, 0.1) is 34.2 Å². The van der Waals surface area contributed by atoms with Crippen LogP contribution in [0.25, 0.3) is 0 Å². The smallest absolute Gasteiger partial charge is 0.269 e. The summed E-state index contributed by atoms with van der Waals surface area (Å²) in [4.78, 5) is 39.1. The summed E-state index contributed by atoms with van der Waals surface area (Å²) < 4.78 is 14.3. The van der Waals surface area contributed by atoms with Crippen LogP contribution in [0.4, 0.5) is 21.5 Å². The number of nitriles is 1. The summed E-state index contributed by atoms with van der Waals surface area (Å²) >= 11 is 0. The number of nitrogens with two attached hydrogens (primary N) is 1. The van der Waals surface area contributed by atoms with Gasteiger partial charge in [-0.15, -0.1) is 0 Å². The highest BCUT2D eigenvalue weighted by Gasteiger charge is 2.60. The molecule has 1 spiro atoms. The van der Waals surface area contributed by atoms with Gasteiger partial charge >= 0.3 is 0 Å². The van der Waals surface area contributed by atoms with Crippen molar-refractivity contribution in [1.29, 1.82) is 5.26 Å². The van der Waals surface area contributed by atoms with Crippen molar-refractivity contribution >= 4 is 28.8 Å². The van der Waals surface area contributed by atoms with Crippen molar-refractivity contribution in [2.75, 3.05) is 10.2 Å². The molecule has 5 rings (SSSR count). The fraction of sp³-hybridized carbons (Fsp3) is 0.208. The molecule has 2 aromatic carbocycles. The van der Waals surface area contributed by atoms with E-state index in [1.54, 1.807) is 6.92 Å². The summed E-state index contributed by atoms with van der Waals surface area (Å²) in [5.74, 6) is -1.68. The molecule has 0 saturated carbocycles. The lowest BCUT2D eigenvalue weighted by molar-refractivity contribution is -0.384. The topological polar surface area (TPSA) is 142 Å². The van der Waals surface area contributed by atoms with E-state index in [1.807, 2.05) is 6.07 Å². The van der Waals surface area contributed by atoms with Crippen LogP contribution in [0.15, 0.2) is 59.1 Å². The number of nitro groups is 1. The van der Waals surface area contributed by atoms with E-state index in [0.29, 0.717) is 35.5 Å². The summed E-state index contributed by atoms with van der Waals surface area (Å²) in [5, 5.41) is 24.1. The third-order valence-corrected chi connectivity index (χ3v) is 6.62. The number of ketones is 1. The van der Waals surface area contributed by atoms with Crippen molar-refractivity contribution in [2.45, 2.75) is 31.6 Å². The molecule has 0 fully saturated rings. The van der Waals surface area contributed by atoms with Crippen LogP contribution in [0.2, 0.25) is 0 Å². The number of non-ortho nitro benzene ring substituents is 1. The van der Waals surface area contributed by atoms with Crippen molar-refractivity contribution < 1.29 is 18.9 Å². The number of rotatable bonds is 2. The van der Waals surface area contributed by atoms with Crippen LogP contribution in [0.1, 0.15) is 30.4 Å². The van der Waals surface area contributed by atoms with E-state index in [2.05, 4.69) is 5.32 Å². The Labute approximate surface area is 193 Å². The van der Waals surface area contributed by atoms with E-state index < -0.39 is 22.1 Å². The number of Topliss-reactive ketones (excluding diaryl/α,β-unsaturated/α-hetero) is 1. The molecule has 3 aliphatic rings. The summed E-state index contributed by atoms with van der Waals surface area (Å²) in [6, 6.07) is 9.92. The van der Waals surface area contributed by atoms with E-state index in [9.17, 15) is 29.4 Å². The molecule has 3 N–H and O–H groups in total. The van der Waals surface area contributed by atoms with Gasteiger partial charge in [-0.05, 0) is 49.6 Å². The molecule has 0 radical (unpaired) electrons. The molecule has 9 nitrogen and oxygen atoms in total. The highest BCUT2D eigenvalue weighted by atomic mass is 19.1. The number of carbonyl (C=O) groups is 2. The van der Waals surface area contributed by atoms with E-state index >= 15 is 0 Å². The monoisotopic (exact) mass is 459 g/mol. The third kappa shape index (κ3) is 2.64. The first-order valence-electron chi connectivity index (χ1n) is 10.6. The Morgan fingerprint density at radius 2 is 2.00 bits per heavy atom. The highest BCUT2D eigenvalue weighted by molar-refractivity contribution is 6.19. The first-order chi connectivity index (χ1) is 16.2. The molecule has 1 atom stereocenters.